The number of fused-ring (bicyclic) bond motifs is 1. The van der Waals surface area contributed by atoms with Gasteiger partial charge in [-0.1, -0.05) is 0 Å². The monoisotopic (exact) mass is 333 g/mol. The molecule has 0 fully saturated rings. The molecular weight excluding hydrogens is 317 g/mol. The molecule has 0 saturated carbocycles. The predicted octanol–water partition coefficient (Wildman–Crippen LogP) is 2.45. The predicted molar refractivity (Wildman–Crippen MR) is 81.0 cm³/mol. The van der Waals surface area contributed by atoms with Gasteiger partial charge < -0.3 is 0 Å². The van der Waals surface area contributed by atoms with E-state index in [1.165, 1.54) is 11.1 Å². The zero-order valence-electron chi connectivity index (χ0n) is 11.2. The van der Waals surface area contributed by atoms with E-state index in [0.29, 0.717) is 6.61 Å². The summed E-state index contributed by atoms with van der Waals surface area (Å²) in [6, 6.07) is 14.4. The van der Waals surface area contributed by atoms with E-state index in [1.807, 2.05) is 18.2 Å². The van der Waals surface area contributed by atoms with Crippen LogP contribution in [0.3, 0.4) is 0 Å². The fraction of sp³-hybridized carbons (Fsp3) is 0.200. The van der Waals surface area contributed by atoms with Crippen molar-refractivity contribution < 1.29 is 4.74 Å². The third-order valence-corrected chi connectivity index (χ3v) is 4.31. The third kappa shape index (κ3) is 2.75. The van der Waals surface area contributed by atoms with Crippen LogP contribution in [-0.2, 0) is 17.9 Å². The van der Waals surface area contributed by atoms with Gasteiger partial charge in [0.15, 0.2) is 0 Å². The van der Waals surface area contributed by atoms with E-state index < -0.39 is 0 Å². The van der Waals surface area contributed by atoms with Crippen molar-refractivity contribution in [3.63, 3.8) is 0 Å². The number of nitrogens with zero attached hydrogens (tertiary/aromatic N) is 2. The summed E-state index contributed by atoms with van der Waals surface area (Å²) >= 11 is 0.00801. The first kappa shape index (κ1) is 13.3. The van der Waals surface area contributed by atoms with Gasteiger partial charge in [0, 0.05) is 0 Å². The zero-order chi connectivity index (χ0) is 13.8. The number of benzene rings is 2. The normalized spacial score (nSPS) is 10.8. The van der Waals surface area contributed by atoms with Crippen molar-refractivity contribution in [3.8, 4) is 0 Å². The van der Waals surface area contributed by atoms with Gasteiger partial charge in [-0.25, -0.2) is 0 Å². The van der Waals surface area contributed by atoms with E-state index >= 15 is 0 Å². The van der Waals surface area contributed by atoms with Gasteiger partial charge in [0.25, 0.3) is 0 Å². The van der Waals surface area contributed by atoms with Crippen LogP contribution in [0.2, 0.25) is 0 Å². The molecule has 5 heteroatoms. The van der Waals surface area contributed by atoms with Crippen LogP contribution in [0.1, 0.15) is 11.1 Å². The topological polar surface area (TPSA) is 47.0 Å². The number of methoxy groups -OCH3 is 1. The van der Waals surface area contributed by atoms with Gasteiger partial charge in [-0.2, -0.15) is 0 Å². The van der Waals surface area contributed by atoms with Gasteiger partial charge in [-0.15, -0.1) is 0 Å². The fourth-order valence-corrected chi connectivity index (χ4v) is 3.32. The van der Waals surface area contributed by atoms with Gasteiger partial charge in [-0.05, 0) is 0 Å². The Labute approximate surface area is 124 Å². The minimum absolute atomic E-state index is 0.00801. The summed E-state index contributed by atoms with van der Waals surface area (Å²) in [5.74, 6) is 0. The molecule has 0 saturated heterocycles. The van der Waals surface area contributed by atoms with Crippen LogP contribution in [0.15, 0.2) is 42.5 Å². The van der Waals surface area contributed by atoms with Gasteiger partial charge in [0.1, 0.15) is 0 Å². The Morgan fingerprint density at radius 3 is 2.75 bits per heavy atom. The number of ether oxygens (including phenoxy) is 1. The molecule has 102 valence electrons. The van der Waals surface area contributed by atoms with Crippen molar-refractivity contribution in [2.45, 2.75) is 13.2 Å². The number of hydrogen-bond donors (Lipinski definition) is 1. The van der Waals surface area contributed by atoms with Crippen LogP contribution in [0.5, 0.6) is 0 Å². The Morgan fingerprint density at radius 1 is 1.05 bits per heavy atom. The van der Waals surface area contributed by atoms with E-state index in [1.54, 1.807) is 7.11 Å². The molecule has 3 rings (SSSR count). The Bertz CT molecular complexity index is 711. The van der Waals surface area contributed by atoms with E-state index in [4.69, 9.17) is 4.74 Å². The Kier molecular flexibility index (Phi) is 4.11. The van der Waals surface area contributed by atoms with Gasteiger partial charge in [-0.3, -0.25) is 0 Å². The standard InChI is InChI=1S/C15H15N3OSe/c1-19-10-12-6-3-2-5-11(12)9-16-13-7-4-8-14-15(13)18-20-17-14/h2-8,16H,9-10H2,1H3. The van der Waals surface area contributed by atoms with E-state index in [-0.39, 0.29) is 15.0 Å². The number of aromatic nitrogens is 2. The molecule has 1 heterocycles. The molecule has 2 aromatic carbocycles. The van der Waals surface area contributed by atoms with Crippen molar-refractivity contribution in [1.82, 2.24) is 7.96 Å². The van der Waals surface area contributed by atoms with Gasteiger partial charge in [0.05, 0.1) is 0 Å². The van der Waals surface area contributed by atoms with Crippen molar-refractivity contribution in [1.29, 1.82) is 0 Å². The fourth-order valence-electron chi connectivity index (χ4n) is 2.17. The van der Waals surface area contributed by atoms with Gasteiger partial charge >= 0.3 is 124 Å². The zero-order valence-corrected chi connectivity index (χ0v) is 12.9. The Hall–Kier alpha value is -1.68. The second-order valence-corrected chi connectivity index (χ2v) is 5.60. The maximum atomic E-state index is 5.24. The van der Waals surface area contributed by atoms with E-state index in [2.05, 4.69) is 37.5 Å². The summed E-state index contributed by atoms with van der Waals surface area (Å²) in [6.07, 6.45) is 0. The van der Waals surface area contributed by atoms with E-state index in [9.17, 15) is 0 Å². The number of rotatable bonds is 5. The third-order valence-electron chi connectivity index (χ3n) is 3.17. The molecule has 1 N–H and O–H groups in total. The summed E-state index contributed by atoms with van der Waals surface area (Å²) < 4.78 is 14.1. The molecule has 0 amide bonds. The van der Waals surface area contributed by atoms with Crippen LogP contribution < -0.4 is 5.32 Å². The molecular formula is C15H15N3OSe. The van der Waals surface area contributed by atoms with Crippen LogP contribution in [0, 0.1) is 0 Å². The maximum absolute atomic E-state index is 5.24. The molecule has 0 spiro atoms. The average molecular weight is 332 g/mol. The van der Waals surface area contributed by atoms with Crippen molar-refractivity contribution >= 4 is 31.7 Å². The molecule has 20 heavy (non-hydrogen) atoms. The van der Waals surface area contributed by atoms with Crippen LogP contribution in [0.25, 0.3) is 11.0 Å². The molecule has 0 radical (unpaired) electrons. The van der Waals surface area contributed by atoms with Crippen molar-refractivity contribution in [2.75, 3.05) is 12.4 Å². The number of hydrogen-bond acceptors (Lipinski definition) is 4. The first-order valence-corrected chi connectivity index (χ1v) is 7.92. The van der Waals surface area contributed by atoms with E-state index in [0.717, 1.165) is 23.3 Å². The molecule has 0 aliphatic heterocycles. The molecule has 1 aromatic heterocycles. The van der Waals surface area contributed by atoms with Crippen LogP contribution >= 0.6 is 0 Å². The summed E-state index contributed by atoms with van der Waals surface area (Å²) in [5.41, 5.74) is 5.50. The molecule has 0 atom stereocenters. The summed E-state index contributed by atoms with van der Waals surface area (Å²) in [7, 11) is 1.72. The summed E-state index contributed by atoms with van der Waals surface area (Å²) in [5, 5.41) is 3.46. The molecule has 3 aromatic rings. The Morgan fingerprint density at radius 2 is 1.90 bits per heavy atom. The first-order chi connectivity index (χ1) is 9.88. The number of nitrogens with one attached hydrogen (secondary N) is 1. The summed E-state index contributed by atoms with van der Waals surface area (Å²) in [6.45, 7) is 1.39. The summed E-state index contributed by atoms with van der Waals surface area (Å²) in [4.78, 5) is 0. The molecule has 0 bridgehead atoms. The first-order valence-electron chi connectivity index (χ1n) is 6.39. The van der Waals surface area contributed by atoms with Gasteiger partial charge in [0.2, 0.25) is 0 Å². The van der Waals surface area contributed by atoms with Crippen molar-refractivity contribution in [2.24, 2.45) is 0 Å². The van der Waals surface area contributed by atoms with Crippen LogP contribution in [-0.4, -0.2) is 30.0 Å². The SMILES string of the molecule is COCc1ccccc1CNc1cccc2n[se]nc12. The quantitative estimate of drug-likeness (QED) is 0.729. The molecule has 0 unspecified atom stereocenters. The molecule has 4 nitrogen and oxygen atoms in total. The van der Waals surface area contributed by atoms with Crippen molar-refractivity contribution in [3.05, 3.63) is 53.6 Å². The minimum atomic E-state index is 0.00801. The molecule has 0 aliphatic rings. The average Bonchev–Trinajstić information content (AvgIpc) is 2.96. The van der Waals surface area contributed by atoms with Crippen LogP contribution in [0.4, 0.5) is 5.69 Å². The second kappa shape index (κ2) is 6.18. The number of anilines is 1. The molecule has 0 aliphatic carbocycles. The second-order valence-electron chi connectivity index (χ2n) is 4.49. The Balaban J connectivity index is 1.81.